The normalized spacial score (nSPS) is 14.9. The summed E-state index contributed by atoms with van der Waals surface area (Å²) < 4.78 is 12.1. The SMILES string of the molecule is COC(=O)c1ccc(N(C)C)c(-c2nc3c(cc2C#N)c(N2CCN(C(=O)OC(C)(C)C)CC2C)nc(=O)n3-c2c(C)ccnc2C(C)C)c1. The van der Waals surface area contributed by atoms with E-state index in [1.165, 1.54) is 11.7 Å². The second-order valence-electron chi connectivity index (χ2n) is 14.0. The summed E-state index contributed by atoms with van der Waals surface area (Å²) >= 11 is 0. The number of hydrogen-bond donors (Lipinski definition) is 0. The lowest BCUT2D eigenvalue weighted by Crippen LogP contribution is -2.55. The van der Waals surface area contributed by atoms with Crippen molar-refractivity contribution in [2.45, 2.75) is 66.0 Å². The molecule has 0 saturated carbocycles. The largest absolute Gasteiger partial charge is 0.465 e. The predicted molar refractivity (Wildman–Crippen MR) is 192 cm³/mol. The van der Waals surface area contributed by atoms with E-state index in [2.05, 4.69) is 16.0 Å². The maximum absolute atomic E-state index is 14.4. The van der Waals surface area contributed by atoms with Crippen LogP contribution in [-0.4, -0.2) is 89.0 Å². The fourth-order valence-electron chi connectivity index (χ4n) is 6.25. The van der Waals surface area contributed by atoms with Gasteiger partial charge in [-0.3, -0.25) is 4.98 Å². The van der Waals surface area contributed by atoms with E-state index in [4.69, 9.17) is 14.5 Å². The second kappa shape index (κ2) is 13.8. The van der Waals surface area contributed by atoms with Gasteiger partial charge >= 0.3 is 17.8 Å². The summed E-state index contributed by atoms with van der Waals surface area (Å²) in [6, 6.07) is 10.7. The number of esters is 1. The summed E-state index contributed by atoms with van der Waals surface area (Å²) in [6.45, 7) is 14.4. The third-order valence-corrected chi connectivity index (χ3v) is 8.60. The lowest BCUT2D eigenvalue weighted by molar-refractivity contribution is 0.0218. The van der Waals surface area contributed by atoms with Crippen LogP contribution in [0.5, 0.6) is 0 Å². The molecule has 13 nitrogen and oxygen atoms in total. The van der Waals surface area contributed by atoms with Crippen LogP contribution in [0.15, 0.2) is 41.3 Å². The molecule has 262 valence electrons. The van der Waals surface area contributed by atoms with E-state index in [0.29, 0.717) is 53.5 Å². The molecule has 0 spiro atoms. The highest BCUT2D eigenvalue weighted by atomic mass is 16.6. The highest BCUT2D eigenvalue weighted by Crippen LogP contribution is 2.37. The number of ether oxygens (including phenoxy) is 2. The summed E-state index contributed by atoms with van der Waals surface area (Å²) in [5.74, 6) is -0.217. The first-order valence-electron chi connectivity index (χ1n) is 16.5. The number of nitriles is 1. The minimum Gasteiger partial charge on any atom is -0.465 e. The Kier molecular flexibility index (Phi) is 9.86. The Balaban J connectivity index is 1.81. The average Bonchev–Trinajstić information content (AvgIpc) is 3.06. The Bertz CT molecular complexity index is 2080. The van der Waals surface area contributed by atoms with Gasteiger partial charge in [-0.05, 0) is 76.4 Å². The van der Waals surface area contributed by atoms with Gasteiger partial charge < -0.3 is 24.2 Å². The number of aryl methyl sites for hydroxylation is 1. The number of piperazine rings is 1. The first-order chi connectivity index (χ1) is 23.6. The van der Waals surface area contributed by atoms with Crippen LogP contribution in [0.2, 0.25) is 0 Å². The van der Waals surface area contributed by atoms with Crippen molar-refractivity contribution < 1.29 is 19.1 Å². The molecule has 1 atom stereocenters. The molecule has 0 bridgehead atoms. The quantitative estimate of drug-likeness (QED) is 0.240. The molecule has 3 aromatic heterocycles. The average molecular weight is 681 g/mol. The minimum absolute atomic E-state index is 0.0394. The van der Waals surface area contributed by atoms with Crippen LogP contribution in [0.25, 0.3) is 28.0 Å². The number of carbonyl (C=O) groups excluding carboxylic acids is 2. The topological polar surface area (TPSA) is 147 Å². The van der Waals surface area contributed by atoms with Crippen molar-refractivity contribution in [1.29, 1.82) is 5.26 Å². The van der Waals surface area contributed by atoms with E-state index in [-0.39, 0.29) is 34.4 Å². The molecule has 13 heteroatoms. The molecule has 0 N–H and O–H groups in total. The number of rotatable bonds is 6. The summed E-state index contributed by atoms with van der Waals surface area (Å²) in [5.41, 5.74) is 3.15. The van der Waals surface area contributed by atoms with Crippen LogP contribution in [0.1, 0.15) is 74.6 Å². The van der Waals surface area contributed by atoms with E-state index in [1.54, 1.807) is 35.4 Å². The fraction of sp³-hybridized carbons (Fsp3) is 0.432. The smallest absolute Gasteiger partial charge is 0.410 e. The number of fused-ring (bicyclic) bond motifs is 1. The van der Waals surface area contributed by atoms with Crippen LogP contribution in [0.3, 0.4) is 0 Å². The monoisotopic (exact) mass is 680 g/mol. The number of anilines is 2. The minimum atomic E-state index is -0.640. The molecule has 1 aromatic carbocycles. The van der Waals surface area contributed by atoms with Gasteiger partial charge in [0.15, 0.2) is 5.65 Å². The van der Waals surface area contributed by atoms with Crippen molar-refractivity contribution in [2.75, 3.05) is 50.6 Å². The maximum atomic E-state index is 14.4. The number of pyridine rings is 2. The molecule has 1 saturated heterocycles. The van der Waals surface area contributed by atoms with Crippen molar-refractivity contribution in [2.24, 2.45) is 0 Å². The van der Waals surface area contributed by atoms with Gasteiger partial charge in [-0.1, -0.05) is 13.8 Å². The zero-order valence-electron chi connectivity index (χ0n) is 30.4. The highest BCUT2D eigenvalue weighted by Gasteiger charge is 2.33. The van der Waals surface area contributed by atoms with Crippen molar-refractivity contribution in [3.63, 3.8) is 0 Å². The van der Waals surface area contributed by atoms with Crippen LogP contribution in [-0.2, 0) is 9.47 Å². The molecule has 1 unspecified atom stereocenters. The summed E-state index contributed by atoms with van der Waals surface area (Å²) in [4.78, 5) is 59.8. The number of nitrogens with zero attached hydrogens (tertiary/aromatic N) is 8. The molecule has 1 aliphatic heterocycles. The Morgan fingerprint density at radius 1 is 1.10 bits per heavy atom. The van der Waals surface area contributed by atoms with Gasteiger partial charge in [0, 0.05) is 57.2 Å². The molecule has 50 heavy (non-hydrogen) atoms. The van der Waals surface area contributed by atoms with Gasteiger partial charge in [0.25, 0.3) is 0 Å². The molecular formula is C37H44N8O5. The number of aromatic nitrogens is 4. The molecule has 0 radical (unpaired) electrons. The van der Waals surface area contributed by atoms with Crippen LogP contribution in [0.4, 0.5) is 16.3 Å². The van der Waals surface area contributed by atoms with E-state index in [9.17, 15) is 19.6 Å². The van der Waals surface area contributed by atoms with Crippen molar-refractivity contribution >= 4 is 34.6 Å². The Morgan fingerprint density at radius 2 is 1.82 bits per heavy atom. The Morgan fingerprint density at radius 3 is 2.42 bits per heavy atom. The Labute approximate surface area is 292 Å². The molecule has 0 aliphatic carbocycles. The van der Waals surface area contributed by atoms with Gasteiger partial charge in [-0.15, -0.1) is 0 Å². The van der Waals surface area contributed by atoms with Gasteiger partial charge in [-0.25, -0.2) is 23.9 Å². The molecule has 1 aliphatic rings. The zero-order chi connectivity index (χ0) is 36.7. The van der Waals surface area contributed by atoms with Gasteiger partial charge in [0.1, 0.15) is 17.5 Å². The number of methoxy groups -OCH3 is 1. The summed E-state index contributed by atoms with van der Waals surface area (Å²) in [5, 5.41) is 11.1. The van der Waals surface area contributed by atoms with Crippen molar-refractivity contribution in [3.8, 4) is 23.0 Å². The number of benzene rings is 1. The van der Waals surface area contributed by atoms with Crippen LogP contribution >= 0.6 is 0 Å². The van der Waals surface area contributed by atoms with E-state index in [0.717, 1.165) is 5.56 Å². The lowest BCUT2D eigenvalue weighted by Gasteiger charge is -2.41. The second-order valence-corrected chi connectivity index (χ2v) is 14.0. The van der Waals surface area contributed by atoms with Gasteiger partial charge in [0.2, 0.25) is 0 Å². The van der Waals surface area contributed by atoms with E-state index < -0.39 is 23.4 Å². The van der Waals surface area contributed by atoms with Gasteiger partial charge in [-0.2, -0.15) is 10.2 Å². The van der Waals surface area contributed by atoms with Crippen molar-refractivity contribution in [1.82, 2.24) is 24.4 Å². The maximum Gasteiger partial charge on any atom is 0.410 e. The highest BCUT2D eigenvalue weighted by molar-refractivity contribution is 5.96. The fourth-order valence-corrected chi connectivity index (χ4v) is 6.25. The molecular weight excluding hydrogens is 636 g/mol. The van der Waals surface area contributed by atoms with Crippen LogP contribution < -0.4 is 15.5 Å². The first-order valence-corrected chi connectivity index (χ1v) is 16.5. The van der Waals surface area contributed by atoms with Crippen LogP contribution in [0, 0.1) is 18.3 Å². The molecule has 5 rings (SSSR count). The van der Waals surface area contributed by atoms with E-state index in [1.807, 2.05) is 78.4 Å². The lowest BCUT2D eigenvalue weighted by atomic mass is 9.99. The predicted octanol–water partition coefficient (Wildman–Crippen LogP) is 5.44. The summed E-state index contributed by atoms with van der Waals surface area (Å²) in [6.07, 6.45) is 1.30. The first kappa shape index (κ1) is 35.8. The number of carbonyl (C=O) groups is 2. The molecule has 4 heterocycles. The third kappa shape index (κ3) is 6.83. The Hall–Kier alpha value is -5.51. The molecule has 4 aromatic rings. The standard InChI is InChI=1S/C37H44N8O5/c1-21(2)29-31(22(3)13-14-39-29)45-33-27(32(41-35(45)47)44-16-15-43(20-23(44)4)36(48)50-37(5,6)7)18-25(19-38)30(40-33)26-17-24(34(46)49-10)11-12-28(26)42(8)9/h11-14,17-18,21,23H,15-16,20H2,1-10H3. The van der Waals surface area contributed by atoms with E-state index >= 15 is 0 Å². The summed E-state index contributed by atoms with van der Waals surface area (Å²) in [7, 11) is 5.02. The third-order valence-electron chi connectivity index (χ3n) is 8.60. The molecule has 1 fully saturated rings. The zero-order valence-corrected chi connectivity index (χ0v) is 30.4. The van der Waals surface area contributed by atoms with Crippen molar-refractivity contribution in [3.05, 3.63) is 69.4 Å². The molecule has 1 amide bonds. The number of hydrogen-bond acceptors (Lipinski definition) is 11. The number of amides is 1. The van der Waals surface area contributed by atoms with Gasteiger partial charge in [0.05, 0.1) is 40.7 Å².